The number of aromatic nitrogens is 11. The minimum Gasteiger partial charge on any atom is -0.870 e. The Morgan fingerprint density at radius 1 is 0.471 bits per heavy atom. The molecular weight excluding hydrogens is 1630 g/mol. The normalized spacial score (nSPS) is 18.7. The summed E-state index contributed by atoms with van der Waals surface area (Å²) in [5.74, 6) is 3.71. The SMILES string of the molecule is C.C.CC1=C2C(=O)NC3(CCCCC3)N2CC(Br)=C1.Cc1c(N)ncnc1NC(=O)C1CC1.Cc1cc(Nc2ncnc(N)c2C)c(=O)n2c1C(=O)NC21CCCCC1.Cc1cc(Nc2ncnc(N)c2C)c(=O)n2c1C(=O)NC21CCCCC1.Cc1cc(Nc2ncnc(NC(=O)C3CC3)c2C)c(=O)n2c1CNC21CCN(C)CC1.Cl.[K+].[OH-]. The molecule has 634 valence electrons. The van der Waals surface area contributed by atoms with Gasteiger partial charge in [0.1, 0.15) is 129 Å². The zero-order valence-corrected chi connectivity index (χ0v) is 73.5. The minimum atomic E-state index is -0.607. The Bertz CT molecular complexity index is 5130. The smallest absolute Gasteiger partial charge is 0.870 e. The number of anilines is 11. The van der Waals surface area contributed by atoms with Crippen molar-refractivity contribution < 1.29 is 80.8 Å². The van der Waals surface area contributed by atoms with Crippen LogP contribution in [0.5, 0.6) is 0 Å². The zero-order chi connectivity index (χ0) is 80.9. The van der Waals surface area contributed by atoms with Crippen molar-refractivity contribution in [2.45, 2.75) is 234 Å². The van der Waals surface area contributed by atoms with E-state index in [1.807, 2.05) is 45.3 Å². The van der Waals surface area contributed by atoms with E-state index in [4.69, 9.17) is 17.2 Å². The summed E-state index contributed by atoms with van der Waals surface area (Å²) < 4.78 is 6.45. The van der Waals surface area contributed by atoms with Crippen LogP contribution in [0.25, 0.3) is 0 Å². The second kappa shape index (κ2) is 38.3. The number of hydrogen-bond acceptors (Lipinski definition) is 26. The molecule has 7 aromatic heterocycles. The number of nitrogens with zero attached hydrogens (tertiary/aromatic N) is 13. The first-order chi connectivity index (χ1) is 54.5. The standard InChI is InChI=1S/C22H29N7O2.2C18H22N6O2.C13H17BrN2O.C9H12N4O.2CH4.ClH.K.H2O/c1-13-10-16(21(31)29-17(13)11-25-22(29)6-8-28(3)9-7-22)26-18-14(2)19(24-12-23-18)27-20(30)15-4-5-15;2*1-10-8-12(22-15-11(2)14(19)20-9-21-15)17(26)24-13(10)16(25)23-18(24)6-4-3-5-7-18;1-9-7-10(14)8-16-11(9)12(17)15-13(16)5-3-2-4-6-13;1-5-7(10)11-4-12-8(5)13-9(14)6-2-3-6;;;;;/h10,12,15,25H,4-9,11H2,1-3H3,(H2,23,24,26,27,30);2*8-9H,3-7H2,1-2H3,(H,23,25)(H3,19,20,21,22);7H,2-6,8H2,1H3,(H,15,17);4,6H,2-3H2,1H3,(H3,10,11,12,13,14);2*1H4;1H;;1H2/q;;;;;;;;+1;/p-1. The van der Waals surface area contributed by atoms with Crippen LogP contribution in [-0.4, -0.2) is 131 Å². The molecule has 37 heteroatoms. The fourth-order valence-corrected chi connectivity index (χ4v) is 17.8. The van der Waals surface area contributed by atoms with Gasteiger partial charge in [-0.05, 0) is 225 Å². The van der Waals surface area contributed by atoms with Crippen molar-refractivity contribution in [2.75, 3.05) is 70.5 Å². The van der Waals surface area contributed by atoms with Crippen LogP contribution in [0.4, 0.5) is 63.6 Å². The van der Waals surface area contributed by atoms with E-state index in [2.05, 4.69) is 127 Å². The number of amides is 5. The number of carbonyl (C=O) groups excluding carboxylic acids is 5. The molecular formula is C82H112BrClKN25O9. The van der Waals surface area contributed by atoms with Crippen molar-refractivity contribution >= 4 is 121 Å². The van der Waals surface area contributed by atoms with Gasteiger partial charge in [-0.2, -0.15) is 0 Å². The number of rotatable bonds is 10. The number of nitrogen functional groups attached to an aromatic ring is 3. The number of fused-ring (bicyclic) bond motifs is 8. The van der Waals surface area contributed by atoms with Crippen molar-refractivity contribution in [3.8, 4) is 0 Å². The maximum atomic E-state index is 13.6. The van der Waals surface area contributed by atoms with Crippen molar-refractivity contribution in [1.29, 1.82) is 0 Å². The van der Waals surface area contributed by atoms with Crippen LogP contribution in [0.3, 0.4) is 0 Å². The van der Waals surface area contributed by atoms with Gasteiger partial charge in [-0.3, -0.25) is 57.4 Å². The fraction of sp³-hybridized carbons (Fsp3) is 0.512. The van der Waals surface area contributed by atoms with Crippen LogP contribution >= 0.6 is 28.3 Å². The van der Waals surface area contributed by atoms with Crippen LogP contribution in [0.2, 0.25) is 0 Å². The number of allylic oxidation sites excluding steroid dienone is 2. The number of aryl methyl sites for hydroxylation is 3. The molecule has 5 aliphatic carbocycles. The van der Waals surface area contributed by atoms with Crippen LogP contribution in [0.15, 0.2) is 79.7 Å². The van der Waals surface area contributed by atoms with E-state index in [-0.39, 0.29) is 153 Å². The summed E-state index contributed by atoms with van der Waals surface area (Å²) in [6, 6.07) is 5.30. The van der Waals surface area contributed by atoms with Crippen LogP contribution in [0, 0.1) is 60.3 Å². The summed E-state index contributed by atoms with van der Waals surface area (Å²) in [4.78, 5) is 138. The largest absolute Gasteiger partial charge is 1.00 e. The Morgan fingerprint density at radius 2 is 0.824 bits per heavy atom. The van der Waals surface area contributed by atoms with Gasteiger partial charge in [0.05, 0.1) is 6.54 Å². The number of hydrogen-bond donors (Lipinski definition) is 12. The van der Waals surface area contributed by atoms with Gasteiger partial charge in [0, 0.05) is 63.9 Å². The molecule has 7 fully saturated rings. The number of likely N-dealkylation sites (tertiary alicyclic amines) is 1. The van der Waals surface area contributed by atoms with Gasteiger partial charge in [0.2, 0.25) is 11.8 Å². The third kappa shape index (κ3) is 19.0. The summed E-state index contributed by atoms with van der Waals surface area (Å²) in [5.41, 5.74) is 25.7. The summed E-state index contributed by atoms with van der Waals surface area (Å²) in [7, 11) is 2.12. The van der Waals surface area contributed by atoms with Crippen LogP contribution in [0.1, 0.15) is 222 Å². The first kappa shape index (κ1) is 93.7. The Balaban J connectivity index is 0.000000172. The molecule has 0 radical (unpaired) electrons. The molecule has 2 saturated heterocycles. The van der Waals surface area contributed by atoms with Crippen molar-refractivity contribution in [2.24, 2.45) is 11.8 Å². The van der Waals surface area contributed by atoms with E-state index < -0.39 is 11.3 Å². The molecule has 11 aliphatic rings. The summed E-state index contributed by atoms with van der Waals surface area (Å²) in [6.45, 7) is 18.4. The molecule has 6 aliphatic heterocycles. The predicted octanol–water partition coefficient (Wildman–Crippen LogP) is 7.59. The minimum absolute atomic E-state index is 0. The summed E-state index contributed by atoms with van der Waals surface area (Å²) in [5, 5.41) is 28.0. The third-order valence-corrected chi connectivity index (χ3v) is 24.6. The van der Waals surface area contributed by atoms with Crippen LogP contribution in [-0.2, 0) is 37.9 Å². The van der Waals surface area contributed by atoms with Gasteiger partial charge in [-0.25, -0.2) is 39.9 Å². The summed E-state index contributed by atoms with van der Waals surface area (Å²) >= 11 is 3.58. The van der Waals surface area contributed by atoms with Gasteiger partial charge in [-0.15, -0.1) is 12.4 Å². The summed E-state index contributed by atoms with van der Waals surface area (Å²) in [6.07, 6.45) is 28.3. The van der Waals surface area contributed by atoms with E-state index in [1.165, 1.54) is 49.1 Å². The third-order valence-electron chi connectivity index (χ3n) is 24.1. The van der Waals surface area contributed by atoms with Crippen molar-refractivity contribution in [3.05, 3.63) is 152 Å². The van der Waals surface area contributed by atoms with Crippen molar-refractivity contribution in [3.63, 3.8) is 0 Å². The average Bonchev–Trinajstić information content (AvgIpc) is 1.92. The van der Waals surface area contributed by atoms with E-state index in [9.17, 15) is 38.4 Å². The molecule has 13 heterocycles. The molecule has 5 amide bonds. The number of piperidine rings is 1. The van der Waals surface area contributed by atoms with E-state index in [0.29, 0.717) is 98.2 Å². The van der Waals surface area contributed by atoms with Gasteiger partial charge < -0.3 is 75.0 Å². The number of pyridine rings is 3. The molecule has 119 heavy (non-hydrogen) atoms. The van der Waals surface area contributed by atoms with E-state index in [0.717, 1.165) is 174 Å². The van der Waals surface area contributed by atoms with E-state index >= 15 is 0 Å². The number of nitrogens with one attached hydrogen (secondary N) is 9. The van der Waals surface area contributed by atoms with Gasteiger partial charge in [0.15, 0.2) is 0 Å². The zero-order valence-electron chi connectivity index (χ0n) is 68.0. The predicted molar refractivity (Wildman–Crippen MR) is 461 cm³/mol. The Morgan fingerprint density at radius 3 is 1.24 bits per heavy atom. The topological polar surface area (TPSA) is 477 Å². The maximum Gasteiger partial charge on any atom is 1.00 e. The average molecular weight is 1750 g/mol. The molecule has 0 bridgehead atoms. The number of halogens is 2. The molecule has 0 unspecified atom stereocenters. The molecule has 5 saturated carbocycles. The maximum absolute atomic E-state index is 13.6. The molecule has 0 atom stereocenters. The Labute approximate surface area is 749 Å². The van der Waals surface area contributed by atoms with Crippen LogP contribution < -0.4 is 133 Å². The van der Waals surface area contributed by atoms with Crippen molar-refractivity contribution in [1.82, 2.24) is 84.6 Å². The second-order valence-electron chi connectivity index (χ2n) is 32.1. The molecule has 18 rings (SSSR count). The van der Waals surface area contributed by atoms with Gasteiger partial charge in [0.25, 0.3) is 34.4 Å². The molecule has 7 aromatic rings. The van der Waals surface area contributed by atoms with Gasteiger partial charge >= 0.3 is 51.4 Å². The van der Waals surface area contributed by atoms with Gasteiger partial charge in [-0.1, -0.05) is 50.0 Å². The molecule has 34 nitrogen and oxygen atoms in total. The molecule has 4 spiro atoms. The van der Waals surface area contributed by atoms with E-state index in [1.54, 1.807) is 42.0 Å². The quantitative estimate of drug-likeness (QED) is 0.0586. The number of nitrogens with two attached hydrogens (primary N) is 3. The first-order valence-electron chi connectivity index (χ1n) is 39.6. The molecule has 0 aromatic carbocycles. The first-order valence-corrected chi connectivity index (χ1v) is 40.3. The number of carbonyl (C=O) groups is 5. The Kier molecular flexibility index (Phi) is 30.2. The fourth-order valence-electron chi connectivity index (χ4n) is 17.2. The second-order valence-corrected chi connectivity index (χ2v) is 33.1. The Hall–Kier alpha value is -9.11. The monoisotopic (exact) mass is 1740 g/mol. The molecule has 16 N–H and O–H groups in total.